The summed E-state index contributed by atoms with van der Waals surface area (Å²) in [6, 6.07) is 16.3. The summed E-state index contributed by atoms with van der Waals surface area (Å²) in [7, 11) is 1.86. The second-order valence-electron chi connectivity index (χ2n) is 7.69. The number of imide groups is 1. The zero-order valence-electron chi connectivity index (χ0n) is 17.5. The molecule has 1 aliphatic rings. The Morgan fingerprint density at radius 1 is 1.03 bits per heavy atom. The molecule has 0 aliphatic carbocycles. The molecule has 1 unspecified atom stereocenters. The van der Waals surface area contributed by atoms with E-state index >= 15 is 0 Å². The van der Waals surface area contributed by atoms with Gasteiger partial charge in [0.15, 0.2) is 0 Å². The van der Waals surface area contributed by atoms with Crippen molar-refractivity contribution in [3.8, 4) is 11.1 Å². The molecule has 0 bridgehead atoms. The van der Waals surface area contributed by atoms with Crippen LogP contribution in [0.15, 0.2) is 48.5 Å². The largest absolute Gasteiger partial charge is 0.341 e. The molecule has 0 radical (unpaired) electrons. The van der Waals surface area contributed by atoms with Crippen molar-refractivity contribution in [3.05, 3.63) is 59.7 Å². The molecule has 0 saturated carbocycles. The van der Waals surface area contributed by atoms with Gasteiger partial charge in [-0.3, -0.25) is 19.7 Å². The summed E-state index contributed by atoms with van der Waals surface area (Å²) in [6.07, 6.45) is 4.29. The first-order valence-electron chi connectivity index (χ1n) is 10.4. The SMILES string of the molecule is CCCCCC(=O)N(C)Cc1cccc(-c2ccc(CC3SC(=O)NC3=O)cc2)c1. The predicted molar refractivity (Wildman–Crippen MR) is 121 cm³/mol. The van der Waals surface area contributed by atoms with Crippen molar-refractivity contribution in [2.45, 2.75) is 50.8 Å². The van der Waals surface area contributed by atoms with Crippen LogP contribution >= 0.6 is 11.8 Å². The summed E-state index contributed by atoms with van der Waals surface area (Å²) >= 11 is 1.05. The Labute approximate surface area is 182 Å². The molecule has 158 valence electrons. The summed E-state index contributed by atoms with van der Waals surface area (Å²) in [5.74, 6) is -0.0272. The maximum Gasteiger partial charge on any atom is 0.286 e. The van der Waals surface area contributed by atoms with Crippen molar-refractivity contribution in [1.82, 2.24) is 10.2 Å². The van der Waals surface area contributed by atoms with E-state index in [2.05, 4.69) is 24.4 Å². The van der Waals surface area contributed by atoms with Gasteiger partial charge in [-0.05, 0) is 41.2 Å². The molecule has 1 heterocycles. The van der Waals surface area contributed by atoms with Gasteiger partial charge in [0.1, 0.15) is 0 Å². The Morgan fingerprint density at radius 3 is 2.47 bits per heavy atom. The van der Waals surface area contributed by atoms with Crippen molar-refractivity contribution < 1.29 is 14.4 Å². The Balaban J connectivity index is 1.62. The number of rotatable bonds is 9. The van der Waals surface area contributed by atoms with Crippen LogP contribution < -0.4 is 5.32 Å². The number of nitrogens with one attached hydrogen (secondary N) is 1. The quantitative estimate of drug-likeness (QED) is 0.588. The summed E-state index contributed by atoms with van der Waals surface area (Å²) < 4.78 is 0. The zero-order valence-corrected chi connectivity index (χ0v) is 18.3. The van der Waals surface area contributed by atoms with E-state index < -0.39 is 0 Å². The molecule has 3 amide bonds. The van der Waals surface area contributed by atoms with Crippen molar-refractivity contribution in [2.75, 3.05) is 7.05 Å². The van der Waals surface area contributed by atoms with Crippen molar-refractivity contribution in [2.24, 2.45) is 0 Å². The van der Waals surface area contributed by atoms with Crippen LogP contribution in [0.2, 0.25) is 0 Å². The third kappa shape index (κ3) is 5.95. The van der Waals surface area contributed by atoms with Gasteiger partial charge < -0.3 is 4.90 Å². The Hall–Kier alpha value is -2.60. The Kier molecular flexibility index (Phi) is 7.69. The number of hydrogen-bond donors (Lipinski definition) is 1. The van der Waals surface area contributed by atoms with Gasteiger partial charge >= 0.3 is 0 Å². The topological polar surface area (TPSA) is 66.5 Å². The number of thioether (sulfide) groups is 1. The van der Waals surface area contributed by atoms with Gasteiger partial charge in [0.25, 0.3) is 5.24 Å². The van der Waals surface area contributed by atoms with E-state index in [9.17, 15) is 14.4 Å². The Morgan fingerprint density at radius 2 is 1.80 bits per heavy atom. The number of nitrogens with zero attached hydrogens (tertiary/aromatic N) is 1. The average Bonchev–Trinajstić information content (AvgIpc) is 3.05. The van der Waals surface area contributed by atoms with E-state index in [1.807, 2.05) is 43.4 Å². The van der Waals surface area contributed by atoms with Crippen LogP contribution in [0, 0.1) is 0 Å². The third-order valence-electron chi connectivity index (χ3n) is 5.24. The molecule has 1 atom stereocenters. The lowest BCUT2D eigenvalue weighted by atomic mass is 10.00. The predicted octanol–water partition coefficient (Wildman–Crippen LogP) is 4.79. The first kappa shape index (κ1) is 22.1. The zero-order chi connectivity index (χ0) is 21.5. The highest BCUT2D eigenvalue weighted by Gasteiger charge is 2.31. The molecule has 2 aromatic carbocycles. The number of unbranched alkanes of at least 4 members (excludes halogenated alkanes) is 2. The van der Waals surface area contributed by atoms with Crippen LogP contribution in [-0.2, 0) is 22.6 Å². The van der Waals surface area contributed by atoms with Gasteiger partial charge in [0.2, 0.25) is 11.8 Å². The molecule has 3 rings (SSSR count). The number of amides is 3. The summed E-state index contributed by atoms with van der Waals surface area (Å²) in [5.41, 5.74) is 4.29. The molecular weight excluding hydrogens is 396 g/mol. The highest BCUT2D eigenvalue weighted by atomic mass is 32.2. The maximum absolute atomic E-state index is 12.3. The maximum atomic E-state index is 12.3. The van der Waals surface area contributed by atoms with Crippen molar-refractivity contribution >= 4 is 28.8 Å². The monoisotopic (exact) mass is 424 g/mol. The van der Waals surface area contributed by atoms with Gasteiger partial charge in [-0.1, -0.05) is 74.0 Å². The van der Waals surface area contributed by atoms with Crippen LogP contribution in [0.25, 0.3) is 11.1 Å². The van der Waals surface area contributed by atoms with Gasteiger partial charge in [-0.25, -0.2) is 0 Å². The molecule has 2 aromatic rings. The van der Waals surface area contributed by atoms with Gasteiger partial charge in [-0.15, -0.1) is 0 Å². The molecule has 30 heavy (non-hydrogen) atoms. The van der Waals surface area contributed by atoms with Crippen LogP contribution in [0.5, 0.6) is 0 Å². The highest BCUT2D eigenvalue weighted by molar-refractivity contribution is 8.15. The highest BCUT2D eigenvalue weighted by Crippen LogP contribution is 2.25. The van der Waals surface area contributed by atoms with E-state index in [-0.39, 0.29) is 22.3 Å². The van der Waals surface area contributed by atoms with Crippen molar-refractivity contribution in [3.63, 3.8) is 0 Å². The fourth-order valence-electron chi connectivity index (χ4n) is 3.50. The molecule has 0 spiro atoms. The Bertz CT molecular complexity index is 911. The van der Waals surface area contributed by atoms with Crippen LogP contribution in [0.1, 0.15) is 43.7 Å². The minimum Gasteiger partial charge on any atom is -0.341 e. The number of benzene rings is 2. The molecule has 1 fully saturated rings. The third-order valence-corrected chi connectivity index (χ3v) is 6.22. The van der Waals surface area contributed by atoms with E-state index in [4.69, 9.17) is 0 Å². The van der Waals surface area contributed by atoms with Gasteiger partial charge in [0, 0.05) is 20.0 Å². The second kappa shape index (κ2) is 10.4. The lowest BCUT2D eigenvalue weighted by molar-refractivity contribution is -0.130. The molecule has 0 aromatic heterocycles. The molecule has 6 heteroatoms. The van der Waals surface area contributed by atoms with Gasteiger partial charge in [-0.2, -0.15) is 0 Å². The number of hydrogen-bond acceptors (Lipinski definition) is 4. The second-order valence-corrected chi connectivity index (χ2v) is 8.87. The number of carbonyl (C=O) groups is 3. The first-order chi connectivity index (χ1) is 14.5. The fraction of sp³-hybridized carbons (Fsp3) is 0.375. The van der Waals surface area contributed by atoms with Crippen LogP contribution in [-0.4, -0.2) is 34.3 Å². The minimum atomic E-state index is -0.350. The molecule has 1 N–H and O–H groups in total. The van der Waals surface area contributed by atoms with Crippen LogP contribution in [0.4, 0.5) is 4.79 Å². The smallest absolute Gasteiger partial charge is 0.286 e. The minimum absolute atomic E-state index is 0.186. The molecule has 1 saturated heterocycles. The van der Waals surface area contributed by atoms with Crippen molar-refractivity contribution in [1.29, 1.82) is 0 Å². The molecular formula is C24H28N2O3S. The normalized spacial score (nSPS) is 15.9. The number of carbonyl (C=O) groups excluding carboxylic acids is 3. The van der Waals surface area contributed by atoms with Gasteiger partial charge in [0.05, 0.1) is 5.25 Å². The van der Waals surface area contributed by atoms with E-state index in [0.717, 1.165) is 53.3 Å². The average molecular weight is 425 g/mol. The lowest BCUT2D eigenvalue weighted by Gasteiger charge is -2.18. The fourth-order valence-corrected chi connectivity index (χ4v) is 4.36. The lowest BCUT2D eigenvalue weighted by Crippen LogP contribution is -2.25. The molecule has 1 aliphatic heterocycles. The summed E-state index contributed by atoms with van der Waals surface area (Å²) in [6.45, 7) is 2.73. The first-order valence-corrected chi connectivity index (χ1v) is 11.3. The molecule has 5 nitrogen and oxygen atoms in total. The van der Waals surface area contributed by atoms with E-state index in [1.54, 1.807) is 4.90 Å². The summed E-state index contributed by atoms with van der Waals surface area (Å²) in [5, 5.41) is 1.70. The van der Waals surface area contributed by atoms with E-state index in [1.165, 1.54) is 0 Å². The van der Waals surface area contributed by atoms with E-state index in [0.29, 0.717) is 19.4 Å². The van der Waals surface area contributed by atoms with Crippen LogP contribution in [0.3, 0.4) is 0 Å². The standard InChI is InChI=1S/C24H28N2O3S/c1-3-4-5-9-22(27)26(2)16-18-7-6-8-20(14-18)19-12-10-17(11-13-19)15-21-23(28)25-24(29)30-21/h6-8,10-14,21H,3-5,9,15-16H2,1-2H3,(H,25,28,29). The summed E-state index contributed by atoms with van der Waals surface area (Å²) in [4.78, 5) is 37.1.